The maximum Gasteiger partial charge on any atom is 0.312 e. The molecule has 4 aliphatic carbocycles. The molecule has 5 nitrogen and oxygen atoms in total. The summed E-state index contributed by atoms with van der Waals surface area (Å²) in [5, 5.41) is 10.8. The zero-order chi connectivity index (χ0) is 16.4. The summed E-state index contributed by atoms with van der Waals surface area (Å²) in [6, 6.07) is 5.61. The first-order valence-electron chi connectivity index (χ1n) is 8.82. The van der Waals surface area contributed by atoms with Gasteiger partial charge in [0, 0.05) is 0 Å². The van der Waals surface area contributed by atoms with Gasteiger partial charge in [0.25, 0.3) is 0 Å². The molecule has 24 heavy (non-hydrogen) atoms. The average molecular weight is 330 g/mol. The number of carbonyl (C=O) groups is 1. The van der Waals surface area contributed by atoms with Gasteiger partial charge in [0.2, 0.25) is 6.79 Å². The lowest BCUT2D eigenvalue weighted by atomic mass is 9.48. The van der Waals surface area contributed by atoms with E-state index >= 15 is 0 Å². The van der Waals surface area contributed by atoms with E-state index in [-0.39, 0.29) is 19.4 Å². The van der Waals surface area contributed by atoms with Gasteiger partial charge in [-0.1, -0.05) is 6.07 Å². The largest absolute Gasteiger partial charge is 0.460 e. The minimum atomic E-state index is -0.637. The van der Waals surface area contributed by atoms with E-state index in [4.69, 9.17) is 14.2 Å². The Bertz CT molecular complexity index is 683. The third-order valence-corrected chi connectivity index (χ3v) is 6.27. The van der Waals surface area contributed by atoms with Gasteiger partial charge in [0.05, 0.1) is 11.0 Å². The lowest BCUT2D eigenvalue weighted by molar-refractivity contribution is -0.197. The summed E-state index contributed by atoms with van der Waals surface area (Å²) in [5.41, 5.74) is -0.201. The molecule has 1 N–H and O–H groups in total. The van der Waals surface area contributed by atoms with E-state index < -0.39 is 11.0 Å². The molecule has 128 valence electrons. The summed E-state index contributed by atoms with van der Waals surface area (Å²) in [4.78, 5) is 12.9. The number of hydrogen-bond acceptors (Lipinski definition) is 5. The second kappa shape index (κ2) is 4.88. The fourth-order valence-electron chi connectivity index (χ4n) is 5.79. The van der Waals surface area contributed by atoms with Gasteiger partial charge in [-0.25, -0.2) is 0 Å². The highest BCUT2D eigenvalue weighted by molar-refractivity contribution is 5.77. The molecule has 1 aliphatic heterocycles. The average Bonchev–Trinajstić information content (AvgIpc) is 2.97. The van der Waals surface area contributed by atoms with Crippen LogP contribution in [-0.4, -0.2) is 23.5 Å². The van der Waals surface area contributed by atoms with Crippen molar-refractivity contribution >= 4 is 5.97 Å². The molecule has 0 aromatic heterocycles. The smallest absolute Gasteiger partial charge is 0.312 e. The molecule has 1 heterocycles. The van der Waals surface area contributed by atoms with Gasteiger partial charge in [-0.2, -0.15) is 0 Å². The van der Waals surface area contributed by atoms with Crippen molar-refractivity contribution in [1.29, 1.82) is 0 Å². The van der Waals surface area contributed by atoms with Crippen LogP contribution in [0.25, 0.3) is 0 Å². The predicted molar refractivity (Wildman–Crippen MR) is 84.4 cm³/mol. The quantitative estimate of drug-likeness (QED) is 0.863. The normalized spacial score (nSPS) is 38.4. The maximum atomic E-state index is 12.9. The van der Waals surface area contributed by atoms with Crippen LogP contribution in [0.5, 0.6) is 11.5 Å². The molecule has 0 amide bonds. The van der Waals surface area contributed by atoms with Crippen LogP contribution in [0.15, 0.2) is 18.2 Å². The molecule has 4 bridgehead atoms. The zero-order valence-electron chi connectivity index (χ0n) is 13.6. The van der Waals surface area contributed by atoms with Crippen LogP contribution in [0.1, 0.15) is 44.1 Å². The van der Waals surface area contributed by atoms with Crippen molar-refractivity contribution < 1.29 is 24.1 Å². The van der Waals surface area contributed by atoms with E-state index in [2.05, 4.69) is 0 Å². The van der Waals surface area contributed by atoms with E-state index in [0.717, 1.165) is 37.0 Å². The van der Waals surface area contributed by atoms with Crippen molar-refractivity contribution in [2.24, 2.45) is 17.3 Å². The monoisotopic (exact) mass is 330 g/mol. The van der Waals surface area contributed by atoms with Gasteiger partial charge < -0.3 is 19.3 Å². The topological polar surface area (TPSA) is 65.0 Å². The maximum absolute atomic E-state index is 12.9. The van der Waals surface area contributed by atoms with Gasteiger partial charge in [-0.3, -0.25) is 4.79 Å². The van der Waals surface area contributed by atoms with Gasteiger partial charge in [0.1, 0.15) is 6.61 Å². The Morgan fingerprint density at radius 2 is 1.92 bits per heavy atom. The Balaban J connectivity index is 1.30. The molecular formula is C19H22O5. The number of rotatable bonds is 3. The Labute approximate surface area is 140 Å². The summed E-state index contributed by atoms with van der Waals surface area (Å²) in [7, 11) is 0. The van der Waals surface area contributed by atoms with Crippen molar-refractivity contribution in [1.82, 2.24) is 0 Å². The number of hydrogen-bond donors (Lipinski definition) is 1. The molecule has 4 fully saturated rings. The van der Waals surface area contributed by atoms with Crippen molar-refractivity contribution in [3.05, 3.63) is 23.8 Å². The van der Waals surface area contributed by atoms with E-state index in [1.807, 2.05) is 18.2 Å². The van der Waals surface area contributed by atoms with Crippen molar-refractivity contribution in [3.8, 4) is 11.5 Å². The molecule has 5 aliphatic rings. The van der Waals surface area contributed by atoms with E-state index in [1.165, 1.54) is 6.42 Å². The van der Waals surface area contributed by atoms with Gasteiger partial charge >= 0.3 is 5.97 Å². The Morgan fingerprint density at radius 1 is 1.17 bits per heavy atom. The second-order valence-electron chi connectivity index (χ2n) is 8.23. The number of fused-ring (bicyclic) bond motifs is 1. The highest BCUT2D eigenvalue weighted by atomic mass is 16.7. The number of ether oxygens (including phenoxy) is 3. The zero-order valence-corrected chi connectivity index (χ0v) is 13.6. The van der Waals surface area contributed by atoms with Gasteiger partial charge in [0.15, 0.2) is 11.5 Å². The molecule has 2 unspecified atom stereocenters. The molecule has 1 aromatic rings. The molecule has 0 saturated heterocycles. The minimum Gasteiger partial charge on any atom is -0.460 e. The Kier molecular flexibility index (Phi) is 2.97. The lowest BCUT2D eigenvalue weighted by Crippen LogP contribution is -2.58. The summed E-state index contributed by atoms with van der Waals surface area (Å²) in [6.07, 6.45) is 5.23. The number of aliphatic hydroxyl groups is 1. The number of carbonyl (C=O) groups excluding carboxylic acids is 1. The highest BCUT2D eigenvalue weighted by Gasteiger charge is 2.60. The van der Waals surface area contributed by atoms with Crippen LogP contribution in [0.4, 0.5) is 0 Å². The van der Waals surface area contributed by atoms with Crippen LogP contribution < -0.4 is 9.47 Å². The van der Waals surface area contributed by atoms with E-state index in [9.17, 15) is 9.90 Å². The van der Waals surface area contributed by atoms with Crippen LogP contribution in [-0.2, 0) is 16.1 Å². The molecule has 4 saturated carbocycles. The fraction of sp³-hybridized carbons (Fsp3) is 0.632. The van der Waals surface area contributed by atoms with Crippen molar-refractivity contribution in [3.63, 3.8) is 0 Å². The third kappa shape index (κ3) is 2.21. The lowest BCUT2D eigenvalue weighted by Gasteiger charge is -2.58. The van der Waals surface area contributed by atoms with Crippen LogP contribution in [0.3, 0.4) is 0 Å². The predicted octanol–water partition coefficient (Wildman–Crippen LogP) is 2.79. The summed E-state index contributed by atoms with van der Waals surface area (Å²) < 4.78 is 16.3. The van der Waals surface area contributed by atoms with E-state index in [1.54, 1.807) is 0 Å². The number of esters is 1. The molecular weight excluding hydrogens is 308 g/mol. The summed E-state index contributed by atoms with van der Waals surface area (Å²) >= 11 is 0. The van der Waals surface area contributed by atoms with Crippen LogP contribution in [0, 0.1) is 17.3 Å². The van der Waals surface area contributed by atoms with E-state index in [0.29, 0.717) is 24.0 Å². The fourth-order valence-corrected chi connectivity index (χ4v) is 5.79. The Hall–Kier alpha value is -1.75. The Morgan fingerprint density at radius 3 is 2.67 bits per heavy atom. The number of benzene rings is 1. The first-order chi connectivity index (χ1) is 11.5. The SMILES string of the molecule is O=C(OCc1ccc2c(c1)OCO2)C12C[C@@H]3C[C@@H](CC(O)(C3)C1)C2. The minimum absolute atomic E-state index is 0.132. The van der Waals surface area contributed by atoms with Crippen molar-refractivity contribution in [2.75, 3.05) is 6.79 Å². The molecule has 0 radical (unpaired) electrons. The van der Waals surface area contributed by atoms with Gasteiger partial charge in [-0.05, 0) is 68.1 Å². The molecule has 0 spiro atoms. The molecule has 1 aromatic carbocycles. The summed E-state index contributed by atoms with van der Waals surface area (Å²) in [6.45, 7) is 0.480. The van der Waals surface area contributed by atoms with Gasteiger partial charge in [-0.15, -0.1) is 0 Å². The molecule has 4 atom stereocenters. The standard InChI is InChI=1S/C19H22O5/c20-17(22-9-12-1-2-15-16(4-12)24-11-23-15)18-5-13-3-14(6-18)8-19(21,7-13)10-18/h1-2,4,13-14,21H,3,5-11H2/t13-,14+,18?,19?. The first kappa shape index (κ1) is 14.6. The van der Waals surface area contributed by atoms with Crippen LogP contribution in [0.2, 0.25) is 0 Å². The first-order valence-corrected chi connectivity index (χ1v) is 8.82. The molecule has 6 rings (SSSR count). The van der Waals surface area contributed by atoms with Crippen LogP contribution >= 0.6 is 0 Å². The summed E-state index contributed by atoms with van der Waals surface area (Å²) in [5.74, 6) is 2.26. The highest BCUT2D eigenvalue weighted by Crippen LogP contribution is 2.62. The second-order valence-corrected chi connectivity index (χ2v) is 8.23. The third-order valence-electron chi connectivity index (χ3n) is 6.27. The van der Waals surface area contributed by atoms with Crippen molar-refractivity contribution in [2.45, 2.75) is 50.7 Å². The molecule has 5 heteroatoms.